The topological polar surface area (TPSA) is 77.2 Å². The summed E-state index contributed by atoms with van der Waals surface area (Å²) in [7, 11) is 1.63. The van der Waals surface area contributed by atoms with Gasteiger partial charge in [-0.15, -0.1) is 28.2 Å². The van der Waals surface area contributed by atoms with Gasteiger partial charge in [-0.25, -0.2) is 0 Å². The Kier molecular flexibility index (Phi) is 6.54. The molecule has 136 valence electrons. The molecule has 26 heavy (non-hydrogen) atoms. The predicted octanol–water partition coefficient (Wildman–Crippen LogP) is 4.50. The molecule has 3 rings (SSSR count). The van der Waals surface area contributed by atoms with Crippen LogP contribution in [0, 0.1) is 0 Å². The van der Waals surface area contributed by atoms with Gasteiger partial charge in [0.1, 0.15) is 5.75 Å². The summed E-state index contributed by atoms with van der Waals surface area (Å²) in [6, 6.07) is 11.5. The number of methoxy groups -OCH3 is 1. The van der Waals surface area contributed by atoms with Crippen molar-refractivity contribution in [2.75, 3.05) is 18.2 Å². The number of thioether (sulfide) groups is 1. The van der Waals surface area contributed by atoms with Crippen LogP contribution in [0.1, 0.15) is 17.2 Å². The monoisotopic (exact) mass is 409 g/mol. The SMILES string of the molecule is COc1ccc(SCCC(=O)Nc2nnc(Cc3ccc(Cl)s3)o2)cc1. The van der Waals surface area contributed by atoms with Crippen LogP contribution < -0.4 is 10.1 Å². The number of benzene rings is 1. The number of amides is 1. The summed E-state index contributed by atoms with van der Waals surface area (Å²) >= 11 is 8.95. The Balaban J connectivity index is 1.43. The maximum atomic E-state index is 12.0. The lowest BCUT2D eigenvalue weighted by atomic mass is 10.3. The Labute approximate surface area is 163 Å². The van der Waals surface area contributed by atoms with Crippen LogP contribution >= 0.6 is 34.7 Å². The molecule has 0 saturated carbocycles. The van der Waals surface area contributed by atoms with Gasteiger partial charge in [0.2, 0.25) is 11.8 Å². The molecule has 0 radical (unpaired) electrons. The molecule has 1 N–H and O–H groups in total. The van der Waals surface area contributed by atoms with E-state index in [0.717, 1.165) is 15.5 Å². The number of rotatable bonds is 8. The number of anilines is 1. The first-order valence-electron chi connectivity index (χ1n) is 7.75. The highest BCUT2D eigenvalue weighted by molar-refractivity contribution is 7.99. The number of nitrogens with one attached hydrogen (secondary N) is 1. The molecule has 2 heterocycles. The average molecular weight is 410 g/mol. The van der Waals surface area contributed by atoms with Crippen LogP contribution in [0.3, 0.4) is 0 Å². The van der Waals surface area contributed by atoms with Crippen LogP contribution in [-0.4, -0.2) is 29.0 Å². The van der Waals surface area contributed by atoms with Crippen LogP contribution in [-0.2, 0) is 11.2 Å². The van der Waals surface area contributed by atoms with Gasteiger partial charge < -0.3 is 9.15 Å². The number of thiophene rings is 1. The first-order valence-corrected chi connectivity index (χ1v) is 9.93. The summed E-state index contributed by atoms with van der Waals surface area (Å²) in [6.07, 6.45) is 0.836. The van der Waals surface area contributed by atoms with Crippen LogP contribution in [0.2, 0.25) is 4.34 Å². The molecule has 1 aromatic carbocycles. The maximum absolute atomic E-state index is 12.0. The van der Waals surface area contributed by atoms with E-state index in [0.29, 0.717) is 28.8 Å². The summed E-state index contributed by atoms with van der Waals surface area (Å²) in [5, 5.41) is 10.4. The van der Waals surface area contributed by atoms with Crippen molar-refractivity contribution in [3.63, 3.8) is 0 Å². The number of halogens is 1. The predicted molar refractivity (Wildman–Crippen MR) is 103 cm³/mol. The van der Waals surface area contributed by atoms with E-state index in [-0.39, 0.29) is 11.9 Å². The first kappa shape index (κ1) is 18.8. The van der Waals surface area contributed by atoms with E-state index in [2.05, 4.69) is 15.5 Å². The molecular weight excluding hydrogens is 394 g/mol. The molecule has 0 aliphatic rings. The number of aromatic nitrogens is 2. The molecule has 0 aliphatic heterocycles. The van der Waals surface area contributed by atoms with Crippen LogP contribution in [0.15, 0.2) is 45.7 Å². The molecule has 1 amide bonds. The van der Waals surface area contributed by atoms with E-state index in [9.17, 15) is 4.79 Å². The number of carbonyl (C=O) groups is 1. The third-order valence-corrected chi connectivity index (χ3v) is 5.57. The molecule has 6 nitrogen and oxygen atoms in total. The van der Waals surface area contributed by atoms with Crippen molar-refractivity contribution in [1.29, 1.82) is 0 Å². The molecule has 2 aromatic heterocycles. The fraction of sp³-hybridized carbons (Fsp3) is 0.235. The van der Waals surface area contributed by atoms with Gasteiger partial charge in [0.25, 0.3) is 0 Å². The van der Waals surface area contributed by atoms with Gasteiger partial charge in [-0.3, -0.25) is 10.1 Å². The summed E-state index contributed by atoms with van der Waals surface area (Å²) in [6.45, 7) is 0. The quantitative estimate of drug-likeness (QED) is 0.552. The minimum Gasteiger partial charge on any atom is -0.497 e. The third-order valence-electron chi connectivity index (χ3n) is 3.32. The zero-order valence-corrected chi connectivity index (χ0v) is 16.3. The van der Waals surface area contributed by atoms with E-state index < -0.39 is 0 Å². The number of hydrogen-bond acceptors (Lipinski definition) is 7. The van der Waals surface area contributed by atoms with E-state index in [1.165, 1.54) is 11.3 Å². The Morgan fingerprint density at radius 1 is 1.27 bits per heavy atom. The van der Waals surface area contributed by atoms with Crippen molar-refractivity contribution >= 4 is 46.6 Å². The maximum Gasteiger partial charge on any atom is 0.322 e. The van der Waals surface area contributed by atoms with Crippen molar-refractivity contribution < 1.29 is 13.9 Å². The lowest BCUT2D eigenvalue weighted by molar-refractivity contribution is -0.115. The van der Waals surface area contributed by atoms with Crippen molar-refractivity contribution in [2.24, 2.45) is 0 Å². The largest absolute Gasteiger partial charge is 0.497 e. The fourth-order valence-corrected chi connectivity index (χ4v) is 4.02. The average Bonchev–Trinajstić information content (AvgIpc) is 3.24. The number of nitrogens with zero attached hydrogens (tertiary/aromatic N) is 2. The van der Waals surface area contributed by atoms with Gasteiger partial charge >= 0.3 is 6.01 Å². The molecule has 0 fully saturated rings. The van der Waals surface area contributed by atoms with Crippen LogP contribution in [0.4, 0.5) is 6.01 Å². The van der Waals surface area contributed by atoms with Gasteiger partial charge in [-0.05, 0) is 36.4 Å². The Bertz CT molecular complexity index is 864. The standard InChI is InChI=1S/C17H16ClN3O3S2/c1-23-11-2-4-12(5-3-11)25-9-8-15(22)19-17-21-20-16(24-17)10-13-6-7-14(18)26-13/h2-7H,8-10H2,1H3,(H,19,21,22). The highest BCUT2D eigenvalue weighted by atomic mass is 35.5. The highest BCUT2D eigenvalue weighted by Gasteiger charge is 2.11. The van der Waals surface area contributed by atoms with Crippen molar-refractivity contribution in [3.05, 3.63) is 51.5 Å². The van der Waals surface area contributed by atoms with Gasteiger partial charge in [-0.2, -0.15) is 0 Å². The molecule has 9 heteroatoms. The molecule has 0 bridgehead atoms. The summed E-state index contributed by atoms with van der Waals surface area (Å²) < 4.78 is 11.3. The Morgan fingerprint density at radius 2 is 2.08 bits per heavy atom. The highest BCUT2D eigenvalue weighted by Crippen LogP contribution is 2.24. The summed E-state index contributed by atoms with van der Waals surface area (Å²) in [4.78, 5) is 14.1. The van der Waals surface area contributed by atoms with Gasteiger partial charge in [0.05, 0.1) is 17.9 Å². The Morgan fingerprint density at radius 3 is 2.77 bits per heavy atom. The first-order chi connectivity index (χ1) is 12.6. The molecule has 0 spiro atoms. The zero-order chi connectivity index (χ0) is 18.4. The van der Waals surface area contributed by atoms with E-state index in [1.807, 2.05) is 36.4 Å². The summed E-state index contributed by atoms with van der Waals surface area (Å²) in [5.41, 5.74) is 0. The molecule has 0 unspecified atom stereocenters. The number of carbonyl (C=O) groups excluding carboxylic acids is 1. The number of ether oxygens (including phenoxy) is 1. The van der Waals surface area contributed by atoms with E-state index in [4.69, 9.17) is 20.8 Å². The van der Waals surface area contributed by atoms with Crippen LogP contribution in [0.5, 0.6) is 5.75 Å². The minimum atomic E-state index is -0.166. The van der Waals surface area contributed by atoms with Gasteiger partial charge in [0.15, 0.2) is 0 Å². The van der Waals surface area contributed by atoms with E-state index in [1.54, 1.807) is 18.9 Å². The molecule has 0 atom stereocenters. The smallest absolute Gasteiger partial charge is 0.322 e. The van der Waals surface area contributed by atoms with Crippen molar-refractivity contribution in [1.82, 2.24) is 10.2 Å². The molecule has 0 saturated heterocycles. The summed E-state index contributed by atoms with van der Waals surface area (Å²) in [5.74, 6) is 1.73. The van der Waals surface area contributed by atoms with Gasteiger partial charge in [0, 0.05) is 21.9 Å². The third kappa shape index (κ3) is 5.48. The molecular formula is C17H16ClN3O3S2. The van der Waals surface area contributed by atoms with E-state index >= 15 is 0 Å². The molecule has 0 aliphatic carbocycles. The fourth-order valence-electron chi connectivity index (χ4n) is 2.09. The normalized spacial score (nSPS) is 10.7. The lowest BCUT2D eigenvalue weighted by Gasteiger charge is -2.03. The minimum absolute atomic E-state index is 0.113. The van der Waals surface area contributed by atoms with Gasteiger partial charge in [-0.1, -0.05) is 16.7 Å². The van der Waals surface area contributed by atoms with Crippen molar-refractivity contribution in [2.45, 2.75) is 17.7 Å². The van der Waals surface area contributed by atoms with Crippen LogP contribution in [0.25, 0.3) is 0 Å². The second-order valence-electron chi connectivity index (χ2n) is 5.21. The second kappa shape index (κ2) is 9.07. The van der Waals surface area contributed by atoms with Crippen molar-refractivity contribution in [3.8, 4) is 5.75 Å². The zero-order valence-electron chi connectivity index (χ0n) is 13.9. The lowest BCUT2D eigenvalue weighted by Crippen LogP contribution is -2.12. The molecule has 3 aromatic rings. The second-order valence-corrected chi connectivity index (χ2v) is 8.17. The number of hydrogen-bond donors (Lipinski definition) is 1. The Hall–Kier alpha value is -2.03.